The summed E-state index contributed by atoms with van der Waals surface area (Å²) in [6, 6.07) is 6.45. The summed E-state index contributed by atoms with van der Waals surface area (Å²) in [6.45, 7) is 8.42. The van der Waals surface area contributed by atoms with E-state index in [4.69, 9.17) is 9.72 Å². The van der Waals surface area contributed by atoms with Gasteiger partial charge in [0, 0.05) is 11.9 Å². The van der Waals surface area contributed by atoms with Crippen LogP contribution in [0, 0.1) is 11.3 Å². The smallest absolute Gasteiger partial charge is 0.325 e. The molecule has 11 nitrogen and oxygen atoms in total. The van der Waals surface area contributed by atoms with Gasteiger partial charge in [0.1, 0.15) is 24.2 Å². The highest BCUT2D eigenvalue weighted by Crippen LogP contribution is 2.24. The summed E-state index contributed by atoms with van der Waals surface area (Å²) in [5.41, 5.74) is 4.03. The zero-order valence-electron chi connectivity index (χ0n) is 24.1. The molecule has 2 aliphatic rings. The number of aliphatic hydroxyl groups is 1. The first-order chi connectivity index (χ1) is 19.4. The molecule has 3 heterocycles. The summed E-state index contributed by atoms with van der Waals surface area (Å²) in [5, 5.41) is 17.5. The van der Waals surface area contributed by atoms with Crippen molar-refractivity contribution in [1.29, 1.82) is 0 Å². The summed E-state index contributed by atoms with van der Waals surface area (Å²) < 4.78 is 5.72. The number of cyclic esters (lactones) is 1. The molecule has 0 radical (unpaired) electrons. The summed E-state index contributed by atoms with van der Waals surface area (Å²) in [5.74, 6) is -2.39. The Hall–Kier alpha value is -3.83. The second-order valence-corrected chi connectivity index (χ2v) is 11.6. The van der Waals surface area contributed by atoms with Gasteiger partial charge in [-0.1, -0.05) is 44.2 Å². The molecule has 41 heavy (non-hydrogen) atoms. The van der Waals surface area contributed by atoms with Crippen LogP contribution in [0.2, 0.25) is 0 Å². The Kier molecular flexibility index (Phi) is 9.08. The Morgan fingerprint density at radius 3 is 2.56 bits per heavy atom. The lowest BCUT2D eigenvalue weighted by Gasteiger charge is -2.35. The van der Waals surface area contributed by atoms with Crippen molar-refractivity contribution in [2.45, 2.75) is 71.7 Å². The average Bonchev–Trinajstić information content (AvgIpc) is 2.95. The fraction of sp³-hybridized carbons (Fsp3) is 0.500. The van der Waals surface area contributed by atoms with Gasteiger partial charge in [-0.05, 0) is 57.2 Å². The molecule has 0 saturated carbocycles. The van der Waals surface area contributed by atoms with Gasteiger partial charge in [0.2, 0.25) is 11.8 Å². The van der Waals surface area contributed by atoms with Gasteiger partial charge in [0.25, 0.3) is 5.91 Å². The quantitative estimate of drug-likeness (QED) is 0.404. The number of nitrogens with one attached hydrogen (secondary N) is 3. The molecule has 4 N–H and O–H groups in total. The normalized spacial score (nSPS) is 26.1. The highest BCUT2D eigenvalue weighted by Gasteiger charge is 2.36. The first-order valence-corrected chi connectivity index (χ1v) is 14.0. The van der Waals surface area contributed by atoms with Crippen molar-refractivity contribution in [3.05, 3.63) is 47.7 Å². The highest BCUT2D eigenvalue weighted by molar-refractivity contribution is 5.94. The van der Waals surface area contributed by atoms with E-state index >= 15 is 0 Å². The molecule has 11 heteroatoms. The Labute approximate surface area is 239 Å². The fourth-order valence-corrected chi connectivity index (χ4v) is 4.79. The van der Waals surface area contributed by atoms with Crippen LogP contribution in [0.4, 0.5) is 0 Å². The van der Waals surface area contributed by atoms with Gasteiger partial charge in [-0.15, -0.1) is 0 Å². The van der Waals surface area contributed by atoms with Gasteiger partial charge < -0.3 is 20.5 Å². The van der Waals surface area contributed by atoms with Crippen molar-refractivity contribution in [2.24, 2.45) is 11.3 Å². The third-order valence-corrected chi connectivity index (χ3v) is 7.49. The van der Waals surface area contributed by atoms with Crippen LogP contribution >= 0.6 is 0 Å². The number of carbonyl (C=O) groups excluding carboxylic acids is 4. The summed E-state index contributed by atoms with van der Waals surface area (Å²) in [4.78, 5) is 57.6. The molecule has 4 rings (SSSR count). The first kappa shape index (κ1) is 30.1. The standard InChI is InChI=1S/C30H39N5O6/c1-17(2)25-26(37)32-24(16-36)27(38)35-14-6-7-22(34-35)28(39)41-18(3)21-11-10-20-9-8-19(15-23(20)31-21)12-13-30(4,5)29(40)33-25/h8-13,15,17-18,22,24-25,34,36H,6-7,14,16H2,1-5H3,(H,32,37)(H,33,40)/t18-,22?,24+,25+/m1/s1. The van der Waals surface area contributed by atoms with Gasteiger partial charge in [-0.25, -0.2) is 10.4 Å². The van der Waals surface area contributed by atoms with Crippen LogP contribution in [0.15, 0.2) is 36.4 Å². The third kappa shape index (κ3) is 6.91. The number of hydrazine groups is 1. The number of pyridine rings is 1. The number of rotatable bonds is 2. The summed E-state index contributed by atoms with van der Waals surface area (Å²) in [6.07, 6.45) is 3.90. The van der Waals surface area contributed by atoms with Crippen molar-refractivity contribution in [3.63, 3.8) is 0 Å². The van der Waals surface area contributed by atoms with E-state index in [1.54, 1.807) is 40.7 Å². The minimum Gasteiger partial charge on any atom is -0.455 e. The Balaban J connectivity index is 1.72. The van der Waals surface area contributed by atoms with E-state index in [9.17, 15) is 24.3 Å². The van der Waals surface area contributed by atoms with Gasteiger partial charge in [0.15, 0.2) is 0 Å². The van der Waals surface area contributed by atoms with Crippen molar-refractivity contribution in [1.82, 2.24) is 26.1 Å². The zero-order chi connectivity index (χ0) is 29.9. The molecule has 1 saturated heterocycles. The average molecular weight is 566 g/mol. The summed E-state index contributed by atoms with van der Waals surface area (Å²) >= 11 is 0. The zero-order valence-corrected chi connectivity index (χ0v) is 24.1. The van der Waals surface area contributed by atoms with Crippen LogP contribution in [0.3, 0.4) is 0 Å². The number of benzene rings is 1. The lowest BCUT2D eigenvalue weighted by Crippen LogP contribution is -2.62. The maximum atomic E-state index is 13.3. The molecule has 1 aromatic heterocycles. The van der Waals surface area contributed by atoms with E-state index in [1.165, 1.54) is 5.01 Å². The molecule has 220 valence electrons. The van der Waals surface area contributed by atoms with E-state index < -0.39 is 54.0 Å². The van der Waals surface area contributed by atoms with Crippen LogP contribution in [-0.2, 0) is 23.9 Å². The molecule has 0 spiro atoms. The second kappa shape index (κ2) is 12.4. The number of fused-ring (bicyclic) bond motifs is 4. The van der Waals surface area contributed by atoms with Crippen molar-refractivity contribution in [3.8, 4) is 0 Å². The van der Waals surface area contributed by atoms with E-state index in [0.717, 1.165) is 10.9 Å². The largest absolute Gasteiger partial charge is 0.455 e. The number of esters is 1. The number of hydrogen-bond acceptors (Lipinski definition) is 8. The number of nitrogens with zero attached hydrogens (tertiary/aromatic N) is 2. The molecule has 1 aromatic carbocycles. The van der Waals surface area contributed by atoms with E-state index in [2.05, 4.69) is 16.1 Å². The van der Waals surface area contributed by atoms with E-state index in [0.29, 0.717) is 24.1 Å². The molecule has 3 amide bonds. The van der Waals surface area contributed by atoms with Crippen LogP contribution in [-0.4, -0.2) is 70.1 Å². The molecule has 2 aromatic rings. The van der Waals surface area contributed by atoms with Crippen LogP contribution in [0.25, 0.3) is 17.0 Å². The lowest BCUT2D eigenvalue weighted by molar-refractivity contribution is -0.157. The predicted molar refractivity (Wildman–Crippen MR) is 153 cm³/mol. The van der Waals surface area contributed by atoms with E-state index in [1.807, 2.05) is 36.4 Å². The number of carbonyl (C=O) groups is 4. The number of aromatic nitrogens is 1. The maximum absolute atomic E-state index is 13.3. The van der Waals surface area contributed by atoms with Crippen LogP contribution in [0.1, 0.15) is 64.8 Å². The molecule has 2 aliphatic heterocycles. The minimum absolute atomic E-state index is 0.282. The van der Waals surface area contributed by atoms with Crippen molar-refractivity contribution < 1.29 is 29.0 Å². The molecule has 4 atom stereocenters. The molecule has 5 bridgehead atoms. The number of hydrogen-bond donors (Lipinski definition) is 4. The first-order valence-electron chi connectivity index (χ1n) is 14.0. The predicted octanol–water partition coefficient (Wildman–Crippen LogP) is 2.01. The topological polar surface area (TPSA) is 150 Å². The number of aliphatic hydroxyl groups excluding tert-OH is 1. The fourth-order valence-electron chi connectivity index (χ4n) is 4.79. The highest BCUT2D eigenvalue weighted by atomic mass is 16.5. The Morgan fingerprint density at radius 1 is 1.12 bits per heavy atom. The lowest BCUT2D eigenvalue weighted by atomic mass is 9.89. The van der Waals surface area contributed by atoms with Gasteiger partial charge in [-0.3, -0.25) is 24.2 Å². The summed E-state index contributed by atoms with van der Waals surface area (Å²) in [7, 11) is 0. The molecule has 1 unspecified atom stereocenters. The SMILES string of the molecule is CC(C)[C@@H]1NC(=O)C(C)(C)C=Cc2ccc3ccc(nc3c2)[C@@H](C)OC(=O)C2CCCN(N2)C(=O)[C@H](CO)NC1=O. The van der Waals surface area contributed by atoms with E-state index in [-0.39, 0.29) is 18.4 Å². The maximum Gasteiger partial charge on any atom is 0.325 e. The second-order valence-electron chi connectivity index (χ2n) is 11.6. The Bertz CT molecular complexity index is 1360. The van der Waals surface area contributed by atoms with Crippen LogP contribution < -0.4 is 16.1 Å². The molecule has 0 aliphatic carbocycles. The molecule has 1 fully saturated rings. The van der Waals surface area contributed by atoms with Crippen LogP contribution in [0.5, 0.6) is 0 Å². The van der Waals surface area contributed by atoms with Gasteiger partial charge >= 0.3 is 5.97 Å². The van der Waals surface area contributed by atoms with Crippen molar-refractivity contribution in [2.75, 3.05) is 13.2 Å². The molecular weight excluding hydrogens is 526 g/mol. The molecular formula is C30H39N5O6. The number of ether oxygens (including phenoxy) is 1. The Morgan fingerprint density at radius 2 is 1.85 bits per heavy atom. The third-order valence-electron chi connectivity index (χ3n) is 7.49. The monoisotopic (exact) mass is 565 g/mol. The van der Waals surface area contributed by atoms with Crippen molar-refractivity contribution >= 4 is 40.7 Å². The van der Waals surface area contributed by atoms with Gasteiger partial charge in [0.05, 0.1) is 23.2 Å². The number of amides is 3. The van der Waals surface area contributed by atoms with Gasteiger partial charge in [-0.2, -0.15) is 0 Å². The minimum atomic E-state index is -1.27.